The second-order valence-electron chi connectivity index (χ2n) is 2.94. The van der Waals surface area contributed by atoms with Crippen molar-refractivity contribution in [3.05, 3.63) is 29.3 Å². The molecule has 1 rings (SSSR count). The number of ether oxygens (including phenoxy) is 1. The highest BCUT2D eigenvalue weighted by Gasteiger charge is 2.10. The van der Waals surface area contributed by atoms with Crippen molar-refractivity contribution in [3.63, 3.8) is 0 Å². The van der Waals surface area contributed by atoms with E-state index in [2.05, 4.69) is 5.32 Å². The average Bonchev–Trinajstić information content (AvgIpc) is 2.16. The maximum Gasteiger partial charge on any atom is 0.134 e. The fourth-order valence-corrected chi connectivity index (χ4v) is 1.20. The van der Waals surface area contributed by atoms with Crippen LogP contribution in [0, 0.1) is 6.92 Å². The van der Waals surface area contributed by atoms with Crippen LogP contribution in [0.15, 0.2) is 18.2 Å². The van der Waals surface area contributed by atoms with Gasteiger partial charge in [0.25, 0.3) is 0 Å². The summed E-state index contributed by atoms with van der Waals surface area (Å²) in [5.41, 5.74) is 1.87. The Morgan fingerprint density at radius 3 is 2.69 bits per heavy atom. The van der Waals surface area contributed by atoms with Crippen LogP contribution in [-0.4, -0.2) is 19.3 Å². The number of hydrogen-bond donors (Lipinski definition) is 2. The van der Waals surface area contributed by atoms with Crippen molar-refractivity contribution in [1.82, 2.24) is 5.32 Å². The number of aryl methyl sites for hydroxylation is 1. The number of aliphatic hydroxyl groups excluding tert-OH is 1. The van der Waals surface area contributed by atoms with E-state index in [9.17, 15) is 5.11 Å². The summed E-state index contributed by atoms with van der Waals surface area (Å²) in [6.45, 7) is 1.98. The second-order valence-corrected chi connectivity index (χ2v) is 2.94. The van der Waals surface area contributed by atoms with Crippen LogP contribution in [-0.2, 0) is 0 Å². The van der Waals surface area contributed by atoms with Gasteiger partial charge < -0.3 is 9.84 Å². The quantitative estimate of drug-likeness (QED) is 0.689. The molecule has 0 heterocycles. The Labute approximate surface area is 78.3 Å². The molecule has 0 aromatic heterocycles. The van der Waals surface area contributed by atoms with Gasteiger partial charge in [0.05, 0.1) is 7.11 Å². The van der Waals surface area contributed by atoms with Crippen LogP contribution >= 0.6 is 0 Å². The standard InChI is InChI=1S/C10H15NO2/c1-7-4-5-8(10(12)11-2)9(6-7)13-3/h4-6,10-12H,1-3H3. The van der Waals surface area contributed by atoms with Crippen LogP contribution in [0.4, 0.5) is 0 Å². The summed E-state index contributed by atoms with van der Waals surface area (Å²) in [5, 5.41) is 12.3. The highest BCUT2D eigenvalue weighted by molar-refractivity contribution is 5.38. The minimum absolute atomic E-state index is 0.671. The molecule has 2 N–H and O–H groups in total. The SMILES string of the molecule is CNC(O)c1ccc(C)cc1OC. The third-order valence-electron chi connectivity index (χ3n) is 1.96. The largest absolute Gasteiger partial charge is 0.496 e. The van der Waals surface area contributed by atoms with Crippen LogP contribution in [0.5, 0.6) is 5.75 Å². The molecule has 0 aliphatic rings. The topological polar surface area (TPSA) is 41.5 Å². The third-order valence-corrected chi connectivity index (χ3v) is 1.96. The first-order valence-electron chi connectivity index (χ1n) is 4.19. The lowest BCUT2D eigenvalue weighted by molar-refractivity contribution is 0.145. The number of rotatable bonds is 3. The van der Waals surface area contributed by atoms with Crippen LogP contribution in [0.25, 0.3) is 0 Å². The molecule has 0 aliphatic carbocycles. The third kappa shape index (κ3) is 2.20. The zero-order valence-corrected chi connectivity index (χ0v) is 8.16. The number of nitrogens with one attached hydrogen (secondary N) is 1. The smallest absolute Gasteiger partial charge is 0.134 e. The molecule has 0 radical (unpaired) electrons. The first-order chi connectivity index (χ1) is 6.19. The van der Waals surface area contributed by atoms with Gasteiger partial charge in [0.1, 0.15) is 12.0 Å². The number of aliphatic hydroxyl groups is 1. The monoisotopic (exact) mass is 181 g/mol. The van der Waals surface area contributed by atoms with Gasteiger partial charge in [0, 0.05) is 5.56 Å². The number of benzene rings is 1. The summed E-state index contributed by atoms with van der Waals surface area (Å²) in [6, 6.07) is 5.70. The first kappa shape index (κ1) is 10.0. The van der Waals surface area contributed by atoms with Crippen LogP contribution in [0.1, 0.15) is 17.4 Å². The lowest BCUT2D eigenvalue weighted by Gasteiger charge is -2.14. The minimum Gasteiger partial charge on any atom is -0.496 e. The van der Waals surface area contributed by atoms with Crippen molar-refractivity contribution < 1.29 is 9.84 Å². The normalized spacial score (nSPS) is 12.6. The van der Waals surface area contributed by atoms with Crippen molar-refractivity contribution in [1.29, 1.82) is 0 Å². The van der Waals surface area contributed by atoms with E-state index in [1.54, 1.807) is 14.2 Å². The zero-order valence-electron chi connectivity index (χ0n) is 8.16. The first-order valence-corrected chi connectivity index (χ1v) is 4.19. The lowest BCUT2D eigenvalue weighted by Crippen LogP contribution is -2.16. The minimum atomic E-state index is -0.671. The molecule has 0 amide bonds. The molecule has 0 saturated heterocycles. The molecule has 3 heteroatoms. The van der Waals surface area contributed by atoms with Gasteiger partial charge in [0.15, 0.2) is 0 Å². The van der Waals surface area contributed by atoms with Gasteiger partial charge in [-0.15, -0.1) is 0 Å². The maximum atomic E-state index is 9.54. The van der Waals surface area contributed by atoms with Crippen molar-refractivity contribution >= 4 is 0 Å². The molecule has 0 saturated carbocycles. The fraction of sp³-hybridized carbons (Fsp3) is 0.400. The second kappa shape index (κ2) is 4.25. The molecular weight excluding hydrogens is 166 g/mol. The summed E-state index contributed by atoms with van der Waals surface area (Å²) in [7, 11) is 3.30. The molecule has 13 heavy (non-hydrogen) atoms. The predicted molar refractivity (Wildman–Crippen MR) is 51.8 cm³/mol. The van der Waals surface area contributed by atoms with Gasteiger partial charge in [-0.25, -0.2) is 0 Å². The molecule has 0 spiro atoms. The van der Waals surface area contributed by atoms with E-state index < -0.39 is 6.23 Å². The van der Waals surface area contributed by atoms with E-state index in [1.807, 2.05) is 25.1 Å². The Kier molecular flexibility index (Phi) is 3.28. The molecular formula is C10H15NO2. The van der Waals surface area contributed by atoms with E-state index in [0.29, 0.717) is 5.75 Å². The predicted octanol–water partition coefficient (Wildman–Crippen LogP) is 1.21. The zero-order chi connectivity index (χ0) is 9.84. The summed E-state index contributed by atoms with van der Waals surface area (Å²) in [5.74, 6) is 0.710. The summed E-state index contributed by atoms with van der Waals surface area (Å²) in [6.07, 6.45) is -0.671. The Balaban J connectivity index is 3.05. The van der Waals surface area contributed by atoms with Gasteiger partial charge in [-0.1, -0.05) is 12.1 Å². The molecule has 0 bridgehead atoms. The van der Waals surface area contributed by atoms with Crippen LogP contribution < -0.4 is 10.1 Å². The van der Waals surface area contributed by atoms with Crippen molar-refractivity contribution in [2.45, 2.75) is 13.2 Å². The molecule has 1 unspecified atom stereocenters. The van der Waals surface area contributed by atoms with Gasteiger partial charge in [0.2, 0.25) is 0 Å². The summed E-state index contributed by atoms with van der Waals surface area (Å²) < 4.78 is 5.15. The molecule has 1 aromatic rings. The summed E-state index contributed by atoms with van der Waals surface area (Å²) in [4.78, 5) is 0. The highest BCUT2D eigenvalue weighted by Crippen LogP contribution is 2.24. The van der Waals surface area contributed by atoms with E-state index in [4.69, 9.17) is 4.74 Å². The van der Waals surface area contributed by atoms with E-state index in [-0.39, 0.29) is 0 Å². The van der Waals surface area contributed by atoms with Gasteiger partial charge in [-0.2, -0.15) is 0 Å². The van der Waals surface area contributed by atoms with Gasteiger partial charge >= 0.3 is 0 Å². The van der Waals surface area contributed by atoms with Crippen molar-refractivity contribution in [3.8, 4) is 5.75 Å². The Bertz CT molecular complexity index is 286. The summed E-state index contributed by atoms with van der Waals surface area (Å²) >= 11 is 0. The lowest BCUT2D eigenvalue weighted by atomic mass is 10.1. The molecule has 1 atom stereocenters. The highest BCUT2D eigenvalue weighted by atomic mass is 16.5. The van der Waals surface area contributed by atoms with E-state index in [0.717, 1.165) is 11.1 Å². The molecule has 0 fully saturated rings. The number of methoxy groups -OCH3 is 1. The van der Waals surface area contributed by atoms with E-state index in [1.165, 1.54) is 0 Å². The molecule has 0 aliphatic heterocycles. The number of hydrogen-bond acceptors (Lipinski definition) is 3. The molecule has 1 aromatic carbocycles. The van der Waals surface area contributed by atoms with Crippen molar-refractivity contribution in [2.24, 2.45) is 0 Å². The van der Waals surface area contributed by atoms with Gasteiger partial charge in [-0.3, -0.25) is 5.32 Å². The van der Waals surface area contributed by atoms with E-state index >= 15 is 0 Å². The maximum absolute atomic E-state index is 9.54. The van der Waals surface area contributed by atoms with Crippen LogP contribution in [0.2, 0.25) is 0 Å². The van der Waals surface area contributed by atoms with Crippen LogP contribution in [0.3, 0.4) is 0 Å². The molecule has 3 nitrogen and oxygen atoms in total. The van der Waals surface area contributed by atoms with Crippen molar-refractivity contribution in [2.75, 3.05) is 14.2 Å². The Morgan fingerprint density at radius 2 is 2.15 bits per heavy atom. The van der Waals surface area contributed by atoms with Gasteiger partial charge in [-0.05, 0) is 25.6 Å². The average molecular weight is 181 g/mol. The molecule has 72 valence electrons. The fourth-order valence-electron chi connectivity index (χ4n) is 1.20. The Hall–Kier alpha value is -1.06. The Morgan fingerprint density at radius 1 is 1.46 bits per heavy atom.